The molecule has 1 aliphatic heterocycles. The second kappa shape index (κ2) is 13.8. The van der Waals surface area contributed by atoms with Gasteiger partial charge in [0.25, 0.3) is 0 Å². The summed E-state index contributed by atoms with van der Waals surface area (Å²) in [5.41, 5.74) is 1.13. The van der Waals surface area contributed by atoms with E-state index in [1.165, 1.54) is 17.7 Å². The van der Waals surface area contributed by atoms with Crippen molar-refractivity contribution in [2.45, 2.75) is 44.3 Å². The van der Waals surface area contributed by atoms with E-state index in [1.807, 2.05) is 78.9 Å². The third kappa shape index (κ3) is 6.61. The molecule has 2 N–H and O–H groups in total. The van der Waals surface area contributed by atoms with Gasteiger partial charge in [-0.2, -0.15) is 4.98 Å². The van der Waals surface area contributed by atoms with Crippen LogP contribution in [-0.4, -0.2) is 53.6 Å². The van der Waals surface area contributed by atoms with Crippen LogP contribution in [0.2, 0.25) is 0 Å². The van der Waals surface area contributed by atoms with Crippen LogP contribution in [0, 0.1) is 11.8 Å². The number of hydrogen-bond donors (Lipinski definition) is 2. The van der Waals surface area contributed by atoms with Gasteiger partial charge in [-0.1, -0.05) is 60.5 Å². The predicted molar refractivity (Wildman–Crippen MR) is 168 cm³/mol. The molecule has 0 spiro atoms. The Balaban J connectivity index is 1.51. The SMILES string of the molecule is CC#Cc1cn([C@H]2C[C@H](O)[C@@H](COC(c3ccccc3)(c3ccc(OC)cc3)c3ccc(OC)cc3)O2)c(=O)nc1NC(C)=O. The van der Waals surface area contributed by atoms with Crippen molar-refractivity contribution >= 4 is 11.7 Å². The Bertz CT molecular complexity index is 1700. The first-order valence-corrected chi connectivity index (χ1v) is 14.4. The molecule has 1 amide bonds. The highest BCUT2D eigenvalue weighted by molar-refractivity contribution is 5.88. The van der Waals surface area contributed by atoms with Gasteiger partial charge in [0.1, 0.15) is 29.4 Å². The zero-order chi connectivity index (χ0) is 32.0. The van der Waals surface area contributed by atoms with Crippen LogP contribution < -0.4 is 20.5 Å². The number of amides is 1. The van der Waals surface area contributed by atoms with Crippen LogP contribution in [0.1, 0.15) is 48.8 Å². The van der Waals surface area contributed by atoms with Gasteiger partial charge in [-0.25, -0.2) is 4.79 Å². The molecule has 2 heterocycles. The quantitative estimate of drug-likeness (QED) is 0.202. The van der Waals surface area contributed by atoms with Crippen LogP contribution in [0.4, 0.5) is 5.82 Å². The Morgan fingerprint density at radius 3 is 2.11 bits per heavy atom. The highest BCUT2D eigenvalue weighted by Gasteiger charge is 2.42. The third-order valence-corrected chi connectivity index (χ3v) is 7.66. The van der Waals surface area contributed by atoms with Crippen molar-refractivity contribution in [3.63, 3.8) is 0 Å². The number of nitrogens with one attached hydrogen (secondary N) is 1. The normalized spacial score (nSPS) is 17.7. The second-order valence-corrected chi connectivity index (χ2v) is 10.5. The monoisotopic (exact) mass is 609 g/mol. The van der Waals surface area contributed by atoms with Crippen molar-refractivity contribution < 1.29 is 28.8 Å². The molecule has 10 nitrogen and oxygen atoms in total. The van der Waals surface area contributed by atoms with Crippen molar-refractivity contribution in [1.29, 1.82) is 0 Å². The predicted octanol–water partition coefficient (Wildman–Crippen LogP) is 4.25. The average molecular weight is 610 g/mol. The summed E-state index contributed by atoms with van der Waals surface area (Å²) < 4.78 is 25.3. The summed E-state index contributed by atoms with van der Waals surface area (Å²) in [5.74, 6) is 6.72. The van der Waals surface area contributed by atoms with Gasteiger partial charge in [-0.3, -0.25) is 9.36 Å². The van der Waals surface area contributed by atoms with E-state index < -0.39 is 29.7 Å². The van der Waals surface area contributed by atoms with Crippen LogP contribution in [0.3, 0.4) is 0 Å². The lowest BCUT2D eigenvalue weighted by Crippen LogP contribution is -2.38. The van der Waals surface area contributed by atoms with E-state index in [1.54, 1.807) is 21.1 Å². The Kier molecular flexibility index (Phi) is 9.64. The standard InChI is InChI=1S/C35H35N3O7/c1-5-9-24-21-38(34(41)37-33(24)36-23(2)39)32-20-30(40)31(45-32)22-44-35(25-10-7-6-8-11-25,26-12-16-28(42-3)17-13-26)27-14-18-29(43-4)19-15-27/h6-8,10-19,21,30-32,40H,20,22H2,1-4H3,(H,36,37,39,41)/t30-,31+,32+/m0/s1. The van der Waals surface area contributed by atoms with E-state index in [0.717, 1.165) is 16.7 Å². The molecule has 0 bridgehead atoms. The third-order valence-electron chi connectivity index (χ3n) is 7.66. The lowest BCUT2D eigenvalue weighted by Gasteiger charge is -2.37. The molecule has 45 heavy (non-hydrogen) atoms. The van der Waals surface area contributed by atoms with E-state index in [9.17, 15) is 14.7 Å². The fraction of sp³-hybridized carbons (Fsp3) is 0.286. The van der Waals surface area contributed by atoms with E-state index >= 15 is 0 Å². The first-order chi connectivity index (χ1) is 21.8. The van der Waals surface area contributed by atoms with Crippen LogP contribution in [-0.2, 0) is 19.9 Å². The van der Waals surface area contributed by atoms with E-state index in [0.29, 0.717) is 17.1 Å². The van der Waals surface area contributed by atoms with Gasteiger partial charge >= 0.3 is 5.69 Å². The minimum atomic E-state index is -1.11. The van der Waals surface area contributed by atoms with Gasteiger partial charge in [0.2, 0.25) is 5.91 Å². The Hall–Kier alpha value is -4.95. The summed E-state index contributed by atoms with van der Waals surface area (Å²) in [4.78, 5) is 28.7. The molecule has 232 valence electrons. The molecule has 4 aromatic rings. The molecule has 5 rings (SSSR count). The van der Waals surface area contributed by atoms with Crippen LogP contribution in [0.15, 0.2) is 89.9 Å². The van der Waals surface area contributed by atoms with E-state index in [2.05, 4.69) is 22.1 Å². The van der Waals surface area contributed by atoms with Gasteiger partial charge < -0.3 is 29.4 Å². The number of anilines is 1. The number of aliphatic hydroxyl groups is 1. The lowest BCUT2D eigenvalue weighted by molar-refractivity contribution is -0.114. The molecule has 10 heteroatoms. The zero-order valence-electron chi connectivity index (χ0n) is 25.5. The molecular formula is C35H35N3O7. The minimum absolute atomic E-state index is 0.0155. The largest absolute Gasteiger partial charge is 0.497 e. The molecular weight excluding hydrogens is 574 g/mol. The molecule has 3 aromatic carbocycles. The summed E-state index contributed by atoms with van der Waals surface area (Å²) in [5, 5.41) is 13.7. The number of rotatable bonds is 10. The average Bonchev–Trinajstić information content (AvgIpc) is 3.43. The fourth-order valence-electron chi connectivity index (χ4n) is 5.48. The lowest BCUT2D eigenvalue weighted by atomic mass is 9.80. The number of aromatic nitrogens is 2. The van der Waals surface area contributed by atoms with Gasteiger partial charge in [0, 0.05) is 19.5 Å². The summed E-state index contributed by atoms with van der Waals surface area (Å²) in [6, 6.07) is 25.1. The molecule has 0 aliphatic carbocycles. The maximum atomic E-state index is 13.0. The van der Waals surface area contributed by atoms with Gasteiger partial charge in [-0.05, 0) is 47.9 Å². The highest BCUT2D eigenvalue weighted by atomic mass is 16.6. The number of hydrogen-bond acceptors (Lipinski definition) is 8. The Labute approximate surface area is 261 Å². The molecule has 3 atom stereocenters. The van der Waals surface area contributed by atoms with Crippen molar-refractivity contribution in [3.05, 3.63) is 118 Å². The zero-order valence-corrected chi connectivity index (χ0v) is 25.5. The number of aliphatic hydroxyl groups excluding tert-OH is 1. The number of carbonyl (C=O) groups excluding carboxylic acids is 1. The van der Waals surface area contributed by atoms with E-state index in [4.69, 9.17) is 18.9 Å². The summed E-state index contributed by atoms with van der Waals surface area (Å²) in [6.45, 7) is 2.95. The Morgan fingerprint density at radius 2 is 1.58 bits per heavy atom. The molecule has 0 saturated carbocycles. The second-order valence-electron chi connectivity index (χ2n) is 10.5. The summed E-state index contributed by atoms with van der Waals surface area (Å²) >= 11 is 0. The van der Waals surface area contributed by atoms with Gasteiger partial charge in [-0.15, -0.1) is 5.92 Å². The van der Waals surface area contributed by atoms with Crippen molar-refractivity contribution in [2.24, 2.45) is 0 Å². The summed E-state index contributed by atoms with van der Waals surface area (Å²) in [7, 11) is 3.22. The first kappa shape index (κ1) is 31.5. The number of nitrogens with zero attached hydrogens (tertiary/aromatic N) is 2. The maximum Gasteiger partial charge on any atom is 0.351 e. The van der Waals surface area contributed by atoms with Crippen LogP contribution in [0.25, 0.3) is 0 Å². The Morgan fingerprint density at radius 1 is 1.00 bits per heavy atom. The maximum absolute atomic E-state index is 13.0. The van der Waals surface area contributed by atoms with Crippen LogP contribution >= 0.6 is 0 Å². The van der Waals surface area contributed by atoms with Crippen molar-refractivity contribution in [1.82, 2.24) is 9.55 Å². The molecule has 0 radical (unpaired) electrons. The van der Waals surface area contributed by atoms with Gasteiger partial charge in [0.15, 0.2) is 5.82 Å². The topological polar surface area (TPSA) is 121 Å². The fourth-order valence-corrected chi connectivity index (χ4v) is 5.48. The number of benzene rings is 3. The molecule has 0 unspecified atom stereocenters. The van der Waals surface area contributed by atoms with Crippen molar-refractivity contribution in [3.8, 4) is 23.3 Å². The molecule has 1 aliphatic rings. The molecule has 1 saturated heterocycles. The number of ether oxygens (including phenoxy) is 4. The smallest absolute Gasteiger partial charge is 0.351 e. The molecule has 1 aromatic heterocycles. The van der Waals surface area contributed by atoms with E-state index in [-0.39, 0.29) is 24.8 Å². The van der Waals surface area contributed by atoms with Crippen molar-refractivity contribution in [2.75, 3.05) is 26.1 Å². The molecule has 1 fully saturated rings. The number of carbonyl (C=O) groups is 1. The number of methoxy groups -OCH3 is 2. The summed E-state index contributed by atoms with van der Waals surface area (Å²) in [6.07, 6.45) is -0.946. The van der Waals surface area contributed by atoms with Gasteiger partial charge in [0.05, 0.1) is 32.5 Å². The van der Waals surface area contributed by atoms with Crippen LogP contribution in [0.5, 0.6) is 11.5 Å². The first-order valence-electron chi connectivity index (χ1n) is 14.4. The minimum Gasteiger partial charge on any atom is -0.497 e. The highest BCUT2D eigenvalue weighted by Crippen LogP contribution is 2.42.